The van der Waals surface area contributed by atoms with Gasteiger partial charge in [-0.3, -0.25) is 9.36 Å². The maximum atomic E-state index is 14.1. The number of halogens is 1. The van der Waals surface area contributed by atoms with Crippen molar-refractivity contribution in [3.63, 3.8) is 0 Å². The van der Waals surface area contributed by atoms with Gasteiger partial charge in [-0.2, -0.15) is 0 Å². The fourth-order valence-electron chi connectivity index (χ4n) is 5.24. The molecule has 1 aliphatic heterocycles. The molecule has 0 fully saturated rings. The second kappa shape index (κ2) is 11.8. The fourth-order valence-corrected chi connectivity index (χ4v) is 6.81. The van der Waals surface area contributed by atoms with E-state index in [4.69, 9.17) is 14.5 Å². The number of aryl methyl sites for hydroxylation is 1. The van der Waals surface area contributed by atoms with Gasteiger partial charge in [-0.05, 0) is 106 Å². The minimum atomic E-state index is -0.735. The highest BCUT2D eigenvalue weighted by Crippen LogP contribution is 2.36. The number of aromatic nitrogens is 2. The van der Waals surface area contributed by atoms with Crippen LogP contribution in [0.15, 0.2) is 75.7 Å². The van der Waals surface area contributed by atoms with Gasteiger partial charge in [0, 0.05) is 26.2 Å². The summed E-state index contributed by atoms with van der Waals surface area (Å²) in [5.41, 5.74) is 5.49. The second-order valence-electron chi connectivity index (χ2n) is 10.1. The SMILES string of the molecule is CCOC(=O)C1=C(C)N=c2s/c(=C/c3cc(C)n(-c4cccc(I)c4)c3C)c(=O)n2[C@H]1c1ccccc1OC(C)C. The number of carbonyl (C=O) groups excluding carboxylic acids is 1. The Bertz CT molecular complexity index is 1860. The van der Waals surface area contributed by atoms with Crippen LogP contribution in [0.4, 0.5) is 0 Å². The Hall–Kier alpha value is -3.44. The Morgan fingerprint density at radius 1 is 1.12 bits per heavy atom. The van der Waals surface area contributed by atoms with Gasteiger partial charge in [0.05, 0.1) is 28.5 Å². The summed E-state index contributed by atoms with van der Waals surface area (Å²) in [5, 5.41) is 0. The lowest BCUT2D eigenvalue weighted by atomic mass is 9.95. The molecule has 4 aromatic rings. The van der Waals surface area contributed by atoms with Gasteiger partial charge in [-0.25, -0.2) is 9.79 Å². The van der Waals surface area contributed by atoms with E-state index >= 15 is 0 Å². The van der Waals surface area contributed by atoms with E-state index in [2.05, 4.69) is 65.3 Å². The predicted molar refractivity (Wildman–Crippen MR) is 171 cm³/mol. The third-order valence-corrected chi connectivity index (χ3v) is 8.57. The van der Waals surface area contributed by atoms with Gasteiger partial charge < -0.3 is 14.0 Å². The average molecular weight is 682 g/mol. The van der Waals surface area contributed by atoms with E-state index < -0.39 is 12.0 Å². The molecule has 1 atom stereocenters. The molecule has 0 unspecified atom stereocenters. The summed E-state index contributed by atoms with van der Waals surface area (Å²) in [6.45, 7) is 11.8. The van der Waals surface area contributed by atoms with Crippen LogP contribution in [-0.2, 0) is 9.53 Å². The highest BCUT2D eigenvalue weighted by atomic mass is 127. The van der Waals surface area contributed by atoms with Crippen molar-refractivity contribution in [1.29, 1.82) is 0 Å². The number of allylic oxidation sites excluding steroid dienone is 1. The molecule has 2 aromatic carbocycles. The number of fused-ring (bicyclic) bond motifs is 1. The zero-order valence-electron chi connectivity index (χ0n) is 23.9. The van der Waals surface area contributed by atoms with E-state index in [0.717, 1.165) is 26.2 Å². The number of benzene rings is 2. The Balaban J connectivity index is 1.72. The highest BCUT2D eigenvalue weighted by molar-refractivity contribution is 14.1. The molecule has 9 heteroatoms. The summed E-state index contributed by atoms with van der Waals surface area (Å²) in [7, 11) is 0. The second-order valence-corrected chi connectivity index (χ2v) is 12.4. The largest absolute Gasteiger partial charge is 0.491 e. The number of ether oxygens (including phenoxy) is 2. The van der Waals surface area contributed by atoms with Crippen molar-refractivity contribution in [2.24, 2.45) is 4.99 Å². The maximum Gasteiger partial charge on any atom is 0.338 e. The molecule has 7 nitrogen and oxygen atoms in total. The summed E-state index contributed by atoms with van der Waals surface area (Å²) in [6.07, 6.45) is 1.83. The summed E-state index contributed by atoms with van der Waals surface area (Å²) in [6, 6.07) is 17.2. The van der Waals surface area contributed by atoms with E-state index in [-0.39, 0.29) is 18.3 Å². The first kappa shape index (κ1) is 29.1. The first-order chi connectivity index (χ1) is 19.6. The lowest BCUT2D eigenvalue weighted by Gasteiger charge is -2.26. The Morgan fingerprint density at radius 3 is 2.59 bits per heavy atom. The number of hydrogen-bond donors (Lipinski definition) is 0. The zero-order valence-corrected chi connectivity index (χ0v) is 26.9. The van der Waals surface area contributed by atoms with Crippen LogP contribution in [0, 0.1) is 17.4 Å². The maximum absolute atomic E-state index is 14.1. The minimum Gasteiger partial charge on any atom is -0.491 e. The van der Waals surface area contributed by atoms with Crippen molar-refractivity contribution in [1.82, 2.24) is 9.13 Å². The summed E-state index contributed by atoms with van der Waals surface area (Å²) >= 11 is 3.63. The summed E-state index contributed by atoms with van der Waals surface area (Å²) < 4.78 is 17.1. The molecule has 0 saturated heterocycles. The van der Waals surface area contributed by atoms with E-state index in [1.807, 2.05) is 50.3 Å². The van der Waals surface area contributed by atoms with Crippen LogP contribution >= 0.6 is 33.9 Å². The standard InChI is InChI=1S/C32H32IN3O4S/c1-7-39-31(38)28-20(5)34-32-36(29(28)25-13-8-9-14-26(25)40-18(2)3)30(37)27(41-32)16-22-15-19(4)35(21(22)6)24-12-10-11-23(33)17-24/h8-18,29H,7H2,1-6H3/b27-16+/t29-/m0/s1. The van der Waals surface area contributed by atoms with E-state index in [0.29, 0.717) is 31.9 Å². The molecular formula is C32H32IN3O4S. The fraction of sp³-hybridized carbons (Fsp3) is 0.281. The quantitative estimate of drug-likeness (QED) is 0.188. The normalized spacial score (nSPS) is 15.2. The van der Waals surface area contributed by atoms with E-state index in [9.17, 15) is 9.59 Å². The molecule has 0 aliphatic carbocycles. The molecule has 2 aromatic heterocycles. The average Bonchev–Trinajstić information content (AvgIpc) is 3.37. The molecule has 5 rings (SSSR count). The molecule has 0 amide bonds. The van der Waals surface area contributed by atoms with Crippen molar-refractivity contribution in [2.45, 2.75) is 53.7 Å². The Labute approximate surface area is 256 Å². The van der Waals surface area contributed by atoms with Crippen molar-refractivity contribution >= 4 is 46.0 Å². The lowest BCUT2D eigenvalue weighted by Crippen LogP contribution is -2.40. The molecule has 3 heterocycles. The zero-order chi connectivity index (χ0) is 29.4. The molecule has 41 heavy (non-hydrogen) atoms. The van der Waals surface area contributed by atoms with E-state index in [1.54, 1.807) is 18.4 Å². The molecule has 0 saturated carbocycles. The van der Waals surface area contributed by atoms with Crippen LogP contribution in [0.5, 0.6) is 5.75 Å². The van der Waals surface area contributed by atoms with Gasteiger partial charge in [-0.15, -0.1) is 0 Å². The molecule has 1 aliphatic rings. The first-order valence-electron chi connectivity index (χ1n) is 13.5. The molecule has 0 spiro atoms. The van der Waals surface area contributed by atoms with Gasteiger partial charge in [0.2, 0.25) is 0 Å². The van der Waals surface area contributed by atoms with Gasteiger partial charge in [0.15, 0.2) is 4.80 Å². The number of carbonyl (C=O) groups is 1. The van der Waals surface area contributed by atoms with Crippen molar-refractivity contribution in [3.05, 3.63) is 112 Å². The number of para-hydroxylation sites is 1. The van der Waals surface area contributed by atoms with Gasteiger partial charge in [0.25, 0.3) is 5.56 Å². The number of thiazole rings is 1. The summed E-state index contributed by atoms with van der Waals surface area (Å²) in [5.74, 6) is 0.119. The van der Waals surface area contributed by atoms with Crippen molar-refractivity contribution in [3.8, 4) is 11.4 Å². The first-order valence-corrected chi connectivity index (χ1v) is 15.4. The van der Waals surface area contributed by atoms with Crippen LogP contribution in [0.3, 0.4) is 0 Å². The lowest BCUT2D eigenvalue weighted by molar-refractivity contribution is -0.139. The van der Waals surface area contributed by atoms with Crippen molar-refractivity contribution in [2.75, 3.05) is 6.61 Å². The third kappa shape index (κ3) is 5.57. The number of nitrogens with zero attached hydrogens (tertiary/aromatic N) is 3. The predicted octanol–water partition coefficient (Wildman–Crippen LogP) is 5.60. The van der Waals surface area contributed by atoms with Crippen LogP contribution in [0.1, 0.15) is 56.3 Å². The third-order valence-electron chi connectivity index (χ3n) is 6.92. The van der Waals surface area contributed by atoms with Crippen LogP contribution in [0.25, 0.3) is 11.8 Å². The Kier molecular flexibility index (Phi) is 8.37. The number of esters is 1. The molecule has 0 N–H and O–H groups in total. The smallest absolute Gasteiger partial charge is 0.338 e. The van der Waals surface area contributed by atoms with Crippen LogP contribution < -0.4 is 19.6 Å². The van der Waals surface area contributed by atoms with Crippen molar-refractivity contribution < 1.29 is 14.3 Å². The molecule has 0 bridgehead atoms. The monoisotopic (exact) mass is 681 g/mol. The minimum absolute atomic E-state index is 0.0914. The van der Waals surface area contributed by atoms with E-state index in [1.165, 1.54) is 11.3 Å². The summed E-state index contributed by atoms with van der Waals surface area (Å²) in [4.78, 5) is 32.7. The number of hydrogen-bond acceptors (Lipinski definition) is 6. The van der Waals surface area contributed by atoms with Crippen LogP contribution in [-0.4, -0.2) is 27.8 Å². The topological polar surface area (TPSA) is 74.8 Å². The van der Waals surface area contributed by atoms with Gasteiger partial charge in [-0.1, -0.05) is 35.6 Å². The molecule has 212 valence electrons. The molecule has 0 radical (unpaired) electrons. The molecular weight excluding hydrogens is 649 g/mol. The van der Waals surface area contributed by atoms with Gasteiger partial charge >= 0.3 is 5.97 Å². The van der Waals surface area contributed by atoms with Gasteiger partial charge in [0.1, 0.15) is 11.8 Å². The Morgan fingerprint density at radius 2 is 1.88 bits per heavy atom. The highest BCUT2D eigenvalue weighted by Gasteiger charge is 2.35. The number of rotatable bonds is 7. The van der Waals surface area contributed by atoms with Crippen LogP contribution in [0.2, 0.25) is 0 Å².